The fourth-order valence-electron chi connectivity index (χ4n) is 3.16. The Bertz CT molecular complexity index is 813. The topological polar surface area (TPSA) is 91.2 Å². The number of carbonyl (C=O) groups excluding carboxylic acids is 1. The van der Waals surface area contributed by atoms with E-state index in [1.807, 2.05) is 31.2 Å². The molecule has 0 radical (unpaired) electrons. The average molecular weight is 371 g/mol. The van der Waals surface area contributed by atoms with Gasteiger partial charge in [0.15, 0.2) is 0 Å². The Morgan fingerprint density at radius 3 is 2.70 bits per heavy atom. The normalized spacial score (nSPS) is 15.9. The van der Waals surface area contributed by atoms with E-state index in [0.29, 0.717) is 23.8 Å². The van der Waals surface area contributed by atoms with Crippen molar-refractivity contribution < 1.29 is 14.3 Å². The number of methoxy groups -OCH3 is 1. The molecule has 144 valence electrons. The summed E-state index contributed by atoms with van der Waals surface area (Å²) < 4.78 is 12.4. The Labute approximate surface area is 158 Å². The first-order chi connectivity index (χ1) is 13.2. The van der Waals surface area contributed by atoms with Crippen molar-refractivity contribution in [2.24, 2.45) is 0 Å². The maximum atomic E-state index is 12.4. The summed E-state index contributed by atoms with van der Waals surface area (Å²) in [4.78, 5) is 12.4. The number of nitrogens with one attached hydrogen (secondary N) is 1. The zero-order valence-electron chi connectivity index (χ0n) is 15.9. The van der Waals surface area contributed by atoms with Crippen molar-refractivity contribution in [3.05, 3.63) is 41.1 Å². The minimum absolute atomic E-state index is 0.414. The fourth-order valence-corrected chi connectivity index (χ4v) is 3.16. The lowest BCUT2D eigenvalue weighted by atomic mass is 9.96. The van der Waals surface area contributed by atoms with Gasteiger partial charge in [0, 0.05) is 5.70 Å². The Morgan fingerprint density at radius 2 is 2.00 bits per heavy atom. The molecule has 0 fully saturated rings. The summed E-state index contributed by atoms with van der Waals surface area (Å²) >= 11 is 0. The number of allylic oxidation sites excluding steroid dienone is 1. The van der Waals surface area contributed by atoms with Gasteiger partial charge in [0.25, 0.3) is 0 Å². The highest BCUT2D eigenvalue weighted by molar-refractivity contribution is 5.92. The number of tetrazole rings is 1. The monoisotopic (exact) mass is 371 g/mol. The Morgan fingerprint density at radius 1 is 1.22 bits per heavy atom. The van der Waals surface area contributed by atoms with Crippen LogP contribution in [0.4, 0.5) is 5.95 Å². The minimum atomic E-state index is -0.456. The van der Waals surface area contributed by atoms with Gasteiger partial charge in [-0.25, -0.2) is 4.79 Å². The molecule has 0 bridgehead atoms. The van der Waals surface area contributed by atoms with Crippen LogP contribution in [-0.4, -0.2) is 39.9 Å². The van der Waals surface area contributed by atoms with Crippen LogP contribution in [-0.2, 0) is 9.53 Å². The molecule has 2 heterocycles. The molecule has 8 nitrogen and oxygen atoms in total. The van der Waals surface area contributed by atoms with Crippen LogP contribution >= 0.6 is 0 Å². The van der Waals surface area contributed by atoms with Crippen molar-refractivity contribution in [2.75, 3.05) is 19.0 Å². The maximum absolute atomic E-state index is 12.4. The van der Waals surface area contributed by atoms with E-state index in [4.69, 9.17) is 9.47 Å². The molecule has 27 heavy (non-hydrogen) atoms. The van der Waals surface area contributed by atoms with Crippen LogP contribution in [0, 0.1) is 0 Å². The van der Waals surface area contributed by atoms with E-state index in [1.54, 1.807) is 4.68 Å². The van der Waals surface area contributed by atoms with Crippen molar-refractivity contribution in [2.45, 2.75) is 45.6 Å². The van der Waals surface area contributed by atoms with Crippen molar-refractivity contribution >= 4 is 11.9 Å². The van der Waals surface area contributed by atoms with E-state index in [1.165, 1.54) is 26.4 Å². The molecular weight excluding hydrogens is 346 g/mol. The highest BCUT2D eigenvalue weighted by Gasteiger charge is 2.34. The molecule has 0 amide bonds. The molecule has 1 unspecified atom stereocenters. The maximum Gasteiger partial charge on any atom is 0.338 e. The number of hydrogen-bond donors (Lipinski definition) is 1. The van der Waals surface area contributed by atoms with E-state index < -0.39 is 12.0 Å². The molecule has 0 spiro atoms. The van der Waals surface area contributed by atoms with Gasteiger partial charge in [0.1, 0.15) is 11.8 Å². The zero-order chi connectivity index (χ0) is 19.2. The first-order valence-corrected chi connectivity index (χ1v) is 9.22. The second-order valence-corrected chi connectivity index (χ2v) is 6.48. The summed E-state index contributed by atoms with van der Waals surface area (Å²) in [5, 5.41) is 14.8. The van der Waals surface area contributed by atoms with Crippen molar-refractivity contribution in [1.29, 1.82) is 0 Å². The molecular formula is C19H25N5O3. The number of hydrogen-bond acceptors (Lipinski definition) is 7. The molecule has 3 rings (SSSR count). The summed E-state index contributed by atoms with van der Waals surface area (Å²) in [6, 6.07) is 7.22. The number of nitrogens with zero attached hydrogens (tertiary/aromatic N) is 4. The molecule has 8 heteroatoms. The number of unbranched alkanes of at least 4 members (excludes halogenated alkanes) is 3. The van der Waals surface area contributed by atoms with Gasteiger partial charge in [-0.05, 0) is 41.5 Å². The van der Waals surface area contributed by atoms with Gasteiger partial charge in [0.2, 0.25) is 5.95 Å². The molecule has 1 atom stereocenters. The lowest BCUT2D eigenvalue weighted by Gasteiger charge is -2.27. The van der Waals surface area contributed by atoms with Crippen LogP contribution in [0.3, 0.4) is 0 Å². The van der Waals surface area contributed by atoms with Gasteiger partial charge < -0.3 is 14.8 Å². The van der Waals surface area contributed by atoms with Crippen molar-refractivity contribution in [3.8, 4) is 5.75 Å². The van der Waals surface area contributed by atoms with Crippen LogP contribution in [0.25, 0.3) is 0 Å². The van der Waals surface area contributed by atoms with Crippen molar-refractivity contribution in [3.63, 3.8) is 0 Å². The third-order valence-corrected chi connectivity index (χ3v) is 4.58. The molecule has 1 N–H and O–H groups in total. The number of aromatic nitrogens is 4. The summed E-state index contributed by atoms with van der Waals surface area (Å²) in [5.74, 6) is 0.880. The smallest absolute Gasteiger partial charge is 0.338 e. The van der Waals surface area contributed by atoms with E-state index in [0.717, 1.165) is 17.7 Å². The predicted molar refractivity (Wildman–Crippen MR) is 100 cm³/mol. The SMILES string of the molecule is CCCCCCOc1ccc(C2C(C(=O)OC)=C(C)Nc3nnnn32)cc1. The standard InChI is InChI=1S/C19H25N5O3/c1-4-5-6-7-12-27-15-10-8-14(9-11-15)17-16(18(25)26-3)13(2)20-19-21-22-23-24(17)19/h8-11,17H,4-7,12H2,1-3H3,(H,20,21,23). The lowest BCUT2D eigenvalue weighted by molar-refractivity contribution is -0.136. The number of rotatable bonds is 8. The molecule has 2 aromatic rings. The first kappa shape index (κ1) is 18.9. The highest BCUT2D eigenvalue weighted by atomic mass is 16.5. The van der Waals surface area contributed by atoms with Crippen molar-refractivity contribution in [1.82, 2.24) is 20.2 Å². The number of fused-ring (bicyclic) bond motifs is 1. The van der Waals surface area contributed by atoms with E-state index in [2.05, 4.69) is 27.8 Å². The summed E-state index contributed by atoms with van der Waals surface area (Å²) in [7, 11) is 1.37. The number of ether oxygens (including phenoxy) is 2. The lowest BCUT2D eigenvalue weighted by Crippen LogP contribution is -2.29. The van der Waals surface area contributed by atoms with Gasteiger partial charge in [-0.2, -0.15) is 4.68 Å². The molecule has 1 aromatic carbocycles. The Kier molecular flexibility index (Phi) is 6.05. The van der Waals surface area contributed by atoms with Gasteiger partial charge >= 0.3 is 5.97 Å². The van der Waals surface area contributed by atoms with Gasteiger partial charge in [-0.15, -0.1) is 0 Å². The predicted octanol–water partition coefficient (Wildman–Crippen LogP) is 3.09. The van der Waals surface area contributed by atoms with Crippen LogP contribution in [0.5, 0.6) is 5.75 Å². The number of carbonyl (C=O) groups is 1. The van der Waals surface area contributed by atoms with Crippen LogP contribution in [0.15, 0.2) is 35.5 Å². The largest absolute Gasteiger partial charge is 0.494 e. The fraction of sp³-hybridized carbons (Fsp3) is 0.474. The average Bonchev–Trinajstić information content (AvgIpc) is 3.14. The number of esters is 1. The first-order valence-electron chi connectivity index (χ1n) is 9.22. The van der Waals surface area contributed by atoms with E-state index >= 15 is 0 Å². The third kappa shape index (κ3) is 4.10. The molecule has 0 saturated heterocycles. The zero-order valence-corrected chi connectivity index (χ0v) is 15.9. The third-order valence-electron chi connectivity index (χ3n) is 4.58. The Hall–Kier alpha value is -2.90. The second kappa shape index (κ2) is 8.66. The highest BCUT2D eigenvalue weighted by Crippen LogP contribution is 2.35. The molecule has 1 aliphatic heterocycles. The van der Waals surface area contributed by atoms with Crippen LogP contribution in [0.1, 0.15) is 51.1 Å². The quantitative estimate of drug-likeness (QED) is 0.563. The van der Waals surface area contributed by atoms with E-state index in [-0.39, 0.29) is 0 Å². The summed E-state index contributed by atoms with van der Waals surface area (Å²) in [5.41, 5.74) is 2.03. The van der Waals surface area contributed by atoms with Gasteiger partial charge in [-0.3, -0.25) is 0 Å². The molecule has 1 aliphatic rings. The second-order valence-electron chi connectivity index (χ2n) is 6.48. The number of anilines is 1. The molecule has 0 saturated carbocycles. The van der Waals surface area contributed by atoms with Gasteiger partial charge in [-0.1, -0.05) is 43.4 Å². The van der Waals surface area contributed by atoms with Crippen LogP contribution in [0.2, 0.25) is 0 Å². The molecule has 1 aromatic heterocycles. The van der Waals surface area contributed by atoms with E-state index in [9.17, 15) is 4.79 Å². The summed E-state index contributed by atoms with van der Waals surface area (Å²) in [6.45, 7) is 4.71. The summed E-state index contributed by atoms with van der Waals surface area (Å²) in [6.07, 6.45) is 4.67. The number of benzene rings is 1. The molecule has 0 aliphatic carbocycles. The Balaban J connectivity index is 1.80. The van der Waals surface area contributed by atoms with Gasteiger partial charge in [0.05, 0.1) is 19.3 Å². The minimum Gasteiger partial charge on any atom is -0.494 e. The van der Waals surface area contributed by atoms with Crippen LogP contribution < -0.4 is 10.1 Å².